The first-order chi connectivity index (χ1) is 7.15. The Labute approximate surface area is 92.2 Å². The van der Waals surface area contributed by atoms with Gasteiger partial charge in [0.15, 0.2) is 0 Å². The van der Waals surface area contributed by atoms with E-state index >= 15 is 0 Å². The Morgan fingerprint density at radius 2 is 2.27 bits per heavy atom. The quantitative estimate of drug-likeness (QED) is 0.275. The van der Waals surface area contributed by atoms with Gasteiger partial charge >= 0.3 is 0 Å². The molecule has 78 valence electrons. The third-order valence-corrected chi connectivity index (χ3v) is 1.85. The van der Waals surface area contributed by atoms with Crippen LogP contribution < -0.4 is 5.73 Å². The molecule has 0 aromatic heterocycles. The maximum Gasteiger partial charge on any atom is 0.285 e. The zero-order valence-electron chi connectivity index (χ0n) is 7.87. The summed E-state index contributed by atoms with van der Waals surface area (Å²) in [6.07, 6.45) is 0.494. The van der Waals surface area contributed by atoms with Crippen LogP contribution in [-0.4, -0.2) is 10.8 Å². The summed E-state index contributed by atoms with van der Waals surface area (Å²) in [5, 5.41) is 10.6. The summed E-state index contributed by atoms with van der Waals surface area (Å²) in [5.41, 5.74) is 6.26. The molecule has 0 saturated heterocycles. The van der Waals surface area contributed by atoms with Gasteiger partial charge in [0.05, 0.1) is 4.92 Å². The van der Waals surface area contributed by atoms with Crippen LogP contribution in [0.3, 0.4) is 0 Å². The van der Waals surface area contributed by atoms with Gasteiger partial charge in [-0.1, -0.05) is 11.8 Å². The van der Waals surface area contributed by atoms with Gasteiger partial charge in [-0.05, 0) is 12.1 Å². The number of rotatable bonds is 2. The third-order valence-electron chi connectivity index (χ3n) is 1.66. The number of halogens is 1. The van der Waals surface area contributed by atoms with Gasteiger partial charge in [0.1, 0.15) is 5.56 Å². The van der Waals surface area contributed by atoms with Gasteiger partial charge < -0.3 is 5.73 Å². The Balaban J connectivity index is 3.09. The number of hydrogen-bond donors (Lipinski definition) is 1. The average molecular weight is 225 g/mol. The lowest BCUT2D eigenvalue weighted by atomic mass is 10.1. The molecule has 1 aromatic carbocycles. The predicted octanol–water partition coefficient (Wildman–Crippen LogP) is 2.16. The highest BCUT2D eigenvalue weighted by Gasteiger charge is 2.11. The first kappa shape index (κ1) is 11.3. The van der Waals surface area contributed by atoms with Crippen molar-refractivity contribution in [1.82, 2.24) is 0 Å². The molecule has 0 aliphatic carbocycles. The normalized spacial score (nSPS) is 9.13. The molecule has 15 heavy (non-hydrogen) atoms. The van der Waals surface area contributed by atoms with E-state index in [-0.39, 0.29) is 5.69 Å². The molecule has 0 aliphatic rings. The number of anilines is 1. The summed E-state index contributed by atoms with van der Waals surface area (Å²) in [4.78, 5) is 10.2. The highest BCUT2D eigenvalue weighted by Crippen LogP contribution is 2.19. The largest absolute Gasteiger partial charge is 0.399 e. The van der Waals surface area contributed by atoms with Crippen molar-refractivity contribution in [2.24, 2.45) is 0 Å². The van der Waals surface area contributed by atoms with Crippen molar-refractivity contribution in [2.75, 3.05) is 11.6 Å². The Bertz CT molecular complexity index is 435. The molecule has 1 rings (SSSR count). The van der Waals surface area contributed by atoms with Crippen LogP contribution in [-0.2, 0) is 0 Å². The van der Waals surface area contributed by atoms with E-state index in [1.165, 1.54) is 18.2 Å². The summed E-state index contributed by atoms with van der Waals surface area (Å²) in [7, 11) is 0. The number of hydrogen-bond acceptors (Lipinski definition) is 3. The molecule has 0 fully saturated rings. The van der Waals surface area contributed by atoms with E-state index in [1.807, 2.05) is 0 Å². The first-order valence-corrected chi connectivity index (χ1v) is 4.77. The summed E-state index contributed by atoms with van der Waals surface area (Å²) >= 11 is 5.44. The Kier molecular flexibility index (Phi) is 3.95. The second kappa shape index (κ2) is 5.23. The highest BCUT2D eigenvalue weighted by molar-refractivity contribution is 6.18. The van der Waals surface area contributed by atoms with Crippen LogP contribution in [0.25, 0.3) is 0 Å². The number of nitrogen functional groups attached to an aromatic ring is 1. The van der Waals surface area contributed by atoms with Crippen molar-refractivity contribution in [1.29, 1.82) is 0 Å². The lowest BCUT2D eigenvalue weighted by Gasteiger charge is -1.96. The van der Waals surface area contributed by atoms with Crippen LogP contribution in [0.1, 0.15) is 12.0 Å². The van der Waals surface area contributed by atoms with Gasteiger partial charge in [0.2, 0.25) is 0 Å². The molecule has 0 atom stereocenters. The van der Waals surface area contributed by atoms with Crippen molar-refractivity contribution in [2.45, 2.75) is 6.42 Å². The van der Waals surface area contributed by atoms with E-state index in [0.29, 0.717) is 23.6 Å². The fraction of sp³-hybridized carbons (Fsp3) is 0.200. The van der Waals surface area contributed by atoms with Crippen molar-refractivity contribution < 1.29 is 4.92 Å². The SMILES string of the molecule is Nc1ccc([N+](=O)[O-])c(C#CCCCl)c1. The van der Waals surface area contributed by atoms with E-state index in [0.717, 1.165) is 0 Å². The van der Waals surface area contributed by atoms with E-state index < -0.39 is 4.92 Å². The maximum absolute atomic E-state index is 10.6. The Morgan fingerprint density at radius 1 is 1.53 bits per heavy atom. The van der Waals surface area contributed by atoms with Crippen LogP contribution >= 0.6 is 11.6 Å². The van der Waals surface area contributed by atoms with Crippen molar-refractivity contribution in [3.8, 4) is 11.8 Å². The summed E-state index contributed by atoms with van der Waals surface area (Å²) < 4.78 is 0. The highest BCUT2D eigenvalue weighted by atomic mass is 35.5. The molecular weight excluding hydrogens is 216 g/mol. The monoisotopic (exact) mass is 224 g/mol. The van der Waals surface area contributed by atoms with Gasteiger partial charge in [-0.3, -0.25) is 10.1 Å². The van der Waals surface area contributed by atoms with E-state index in [1.54, 1.807) is 0 Å². The van der Waals surface area contributed by atoms with E-state index in [2.05, 4.69) is 11.8 Å². The molecule has 5 heteroatoms. The molecule has 0 spiro atoms. The predicted molar refractivity (Wildman–Crippen MR) is 59.7 cm³/mol. The molecule has 0 bridgehead atoms. The average Bonchev–Trinajstić information content (AvgIpc) is 2.18. The molecular formula is C10H9ClN2O2. The van der Waals surface area contributed by atoms with Crippen molar-refractivity contribution >= 4 is 23.0 Å². The second-order valence-corrected chi connectivity index (χ2v) is 3.15. The van der Waals surface area contributed by atoms with Crippen LogP contribution in [0.4, 0.5) is 11.4 Å². The zero-order valence-corrected chi connectivity index (χ0v) is 8.62. The van der Waals surface area contributed by atoms with Crippen LogP contribution in [0.5, 0.6) is 0 Å². The van der Waals surface area contributed by atoms with Crippen LogP contribution in [0.2, 0.25) is 0 Å². The molecule has 0 radical (unpaired) electrons. The topological polar surface area (TPSA) is 69.2 Å². The van der Waals surface area contributed by atoms with Crippen molar-refractivity contribution in [3.63, 3.8) is 0 Å². The number of nitrogens with two attached hydrogens (primary N) is 1. The molecule has 0 amide bonds. The lowest BCUT2D eigenvalue weighted by molar-refractivity contribution is -0.385. The molecule has 2 N–H and O–H groups in total. The van der Waals surface area contributed by atoms with E-state index in [4.69, 9.17) is 17.3 Å². The zero-order chi connectivity index (χ0) is 11.3. The minimum Gasteiger partial charge on any atom is -0.399 e. The van der Waals surface area contributed by atoms with Gasteiger partial charge in [0, 0.05) is 24.1 Å². The van der Waals surface area contributed by atoms with Crippen LogP contribution in [0, 0.1) is 22.0 Å². The van der Waals surface area contributed by atoms with Crippen molar-refractivity contribution in [3.05, 3.63) is 33.9 Å². The summed E-state index contributed by atoms with van der Waals surface area (Å²) in [5.74, 6) is 5.82. The van der Waals surface area contributed by atoms with E-state index in [9.17, 15) is 10.1 Å². The maximum atomic E-state index is 10.6. The number of benzene rings is 1. The number of nitro benzene ring substituents is 1. The Morgan fingerprint density at radius 3 is 2.87 bits per heavy atom. The van der Waals surface area contributed by atoms with Gasteiger partial charge in [-0.2, -0.15) is 0 Å². The minimum atomic E-state index is -0.482. The molecule has 0 unspecified atom stereocenters. The Hall–Kier alpha value is -1.73. The molecule has 0 aliphatic heterocycles. The number of nitrogens with zero attached hydrogens (tertiary/aromatic N) is 1. The van der Waals surface area contributed by atoms with Gasteiger partial charge in [-0.25, -0.2) is 0 Å². The second-order valence-electron chi connectivity index (χ2n) is 2.77. The summed E-state index contributed by atoms with van der Waals surface area (Å²) in [6.45, 7) is 0. The molecule has 4 nitrogen and oxygen atoms in total. The van der Waals surface area contributed by atoms with Crippen LogP contribution in [0.15, 0.2) is 18.2 Å². The first-order valence-electron chi connectivity index (χ1n) is 4.24. The third kappa shape index (κ3) is 3.15. The minimum absolute atomic E-state index is 0.0359. The lowest BCUT2D eigenvalue weighted by Crippen LogP contribution is -1.94. The smallest absolute Gasteiger partial charge is 0.285 e. The standard InChI is InChI=1S/C10H9ClN2O2/c11-6-2-1-3-8-7-9(12)4-5-10(8)13(14)15/h4-5,7H,2,6,12H2. The molecule has 0 heterocycles. The fourth-order valence-corrected chi connectivity index (χ4v) is 1.11. The fourth-order valence-electron chi connectivity index (χ4n) is 1.02. The number of alkyl halides is 1. The van der Waals surface area contributed by atoms with Gasteiger partial charge in [0.25, 0.3) is 5.69 Å². The molecule has 1 aromatic rings. The molecule has 0 saturated carbocycles. The summed E-state index contributed by atoms with van der Waals surface area (Å²) in [6, 6.07) is 4.31. The number of nitro groups is 1. The van der Waals surface area contributed by atoms with Gasteiger partial charge in [-0.15, -0.1) is 11.6 Å².